The minimum atomic E-state index is -0.806. The molecule has 2 atom stereocenters. The third kappa shape index (κ3) is 3.45. The predicted octanol–water partition coefficient (Wildman–Crippen LogP) is 1.12. The predicted molar refractivity (Wildman–Crippen MR) is 65.1 cm³/mol. The van der Waals surface area contributed by atoms with Gasteiger partial charge in [0.15, 0.2) is 0 Å². The van der Waals surface area contributed by atoms with Gasteiger partial charge in [-0.05, 0) is 38.5 Å². The molecule has 0 unspecified atom stereocenters. The number of ether oxygens (including phenoxy) is 1. The van der Waals surface area contributed by atoms with Crippen molar-refractivity contribution in [3.8, 4) is 0 Å². The number of carbonyl (C=O) groups excluding carboxylic acids is 1. The molecule has 0 aromatic carbocycles. The largest absolute Gasteiger partial charge is 0.481 e. The summed E-state index contributed by atoms with van der Waals surface area (Å²) in [5.41, 5.74) is 0. The average Bonchev–Trinajstić information content (AvgIpc) is 3.19. The fraction of sp³-hybridized carbons (Fsp3) is 0.846. The van der Waals surface area contributed by atoms with Gasteiger partial charge in [0, 0.05) is 13.1 Å². The van der Waals surface area contributed by atoms with E-state index in [4.69, 9.17) is 9.84 Å². The summed E-state index contributed by atoms with van der Waals surface area (Å²) in [6, 6.07) is 0. The fourth-order valence-electron chi connectivity index (χ4n) is 2.27. The van der Waals surface area contributed by atoms with E-state index in [0.29, 0.717) is 32.0 Å². The maximum absolute atomic E-state index is 12.1. The van der Waals surface area contributed by atoms with Gasteiger partial charge >= 0.3 is 5.97 Å². The van der Waals surface area contributed by atoms with Crippen LogP contribution in [0, 0.1) is 11.8 Å². The second-order valence-electron chi connectivity index (χ2n) is 5.38. The number of hydrogen-bond donors (Lipinski definition) is 1. The van der Waals surface area contributed by atoms with Gasteiger partial charge in [-0.15, -0.1) is 0 Å². The Kier molecular flexibility index (Phi) is 4.22. The van der Waals surface area contributed by atoms with Crippen LogP contribution < -0.4 is 0 Å². The first-order chi connectivity index (χ1) is 8.58. The Morgan fingerprint density at radius 3 is 2.72 bits per heavy atom. The molecule has 2 rings (SSSR count). The lowest BCUT2D eigenvalue weighted by Crippen LogP contribution is -2.46. The van der Waals surface area contributed by atoms with E-state index in [-0.39, 0.29) is 5.91 Å². The maximum atomic E-state index is 12.1. The molecule has 102 valence electrons. The second-order valence-corrected chi connectivity index (χ2v) is 5.38. The molecule has 5 heteroatoms. The van der Waals surface area contributed by atoms with E-state index in [1.165, 1.54) is 12.8 Å². The van der Waals surface area contributed by atoms with Crippen molar-refractivity contribution in [1.82, 2.24) is 4.90 Å². The van der Waals surface area contributed by atoms with Gasteiger partial charge in [-0.2, -0.15) is 0 Å². The van der Waals surface area contributed by atoms with Crippen molar-refractivity contribution in [2.24, 2.45) is 11.8 Å². The van der Waals surface area contributed by atoms with E-state index >= 15 is 0 Å². The number of rotatable bonds is 5. The zero-order chi connectivity index (χ0) is 13.1. The number of hydrogen-bond acceptors (Lipinski definition) is 3. The zero-order valence-electron chi connectivity index (χ0n) is 10.8. The standard InChI is InChI=1S/C13H21NO4/c1-9(18-8-10-4-5-10)12(15)14-6-2-3-11(7-14)13(16)17/h9-11H,2-8H2,1H3,(H,16,17)/t9-,11+/m0/s1. The first-order valence-electron chi connectivity index (χ1n) is 6.71. The maximum Gasteiger partial charge on any atom is 0.308 e. The summed E-state index contributed by atoms with van der Waals surface area (Å²) in [4.78, 5) is 24.7. The number of piperidine rings is 1. The van der Waals surface area contributed by atoms with E-state index in [0.717, 1.165) is 6.42 Å². The van der Waals surface area contributed by atoms with Crippen LogP contribution in [0.15, 0.2) is 0 Å². The molecule has 2 aliphatic rings. The Bertz CT molecular complexity index is 327. The minimum absolute atomic E-state index is 0.0680. The van der Waals surface area contributed by atoms with Crippen LogP contribution in [0.1, 0.15) is 32.6 Å². The summed E-state index contributed by atoms with van der Waals surface area (Å²) < 4.78 is 5.54. The first-order valence-corrected chi connectivity index (χ1v) is 6.71. The highest BCUT2D eigenvalue weighted by Gasteiger charge is 2.31. The zero-order valence-corrected chi connectivity index (χ0v) is 10.8. The molecule has 0 aromatic heterocycles. The first kappa shape index (κ1) is 13.3. The molecule has 1 amide bonds. The highest BCUT2D eigenvalue weighted by atomic mass is 16.5. The van der Waals surface area contributed by atoms with Gasteiger partial charge in [-0.25, -0.2) is 0 Å². The molecular weight excluding hydrogens is 234 g/mol. The van der Waals surface area contributed by atoms with E-state index in [2.05, 4.69) is 0 Å². The summed E-state index contributed by atoms with van der Waals surface area (Å²) in [6.45, 7) is 3.39. The number of carboxylic acids is 1. The van der Waals surface area contributed by atoms with Gasteiger partial charge in [-0.1, -0.05) is 0 Å². The van der Waals surface area contributed by atoms with Crippen LogP contribution in [0.2, 0.25) is 0 Å². The third-order valence-electron chi connectivity index (χ3n) is 3.71. The van der Waals surface area contributed by atoms with E-state index in [9.17, 15) is 9.59 Å². The molecule has 2 fully saturated rings. The second kappa shape index (κ2) is 5.69. The Hall–Kier alpha value is -1.10. The lowest BCUT2D eigenvalue weighted by Gasteiger charge is -2.32. The highest BCUT2D eigenvalue weighted by Crippen LogP contribution is 2.29. The molecule has 1 aliphatic heterocycles. The number of carbonyl (C=O) groups is 2. The van der Waals surface area contributed by atoms with Crippen LogP contribution in [0.25, 0.3) is 0 Å². The van der Waals surface area contributed by atoms with E-state index in [1.807, 2.05) is 0 Å². The smallest absolute Gasteiger partial charge is 0.308 e. The summed E-state index contributed by atoms with van der Waals surface area (Å²) in [6.07, 6.45) is 3.38. The molecule has 1 N–H and O–H groups in total. The Morgan fingerprint density at radius 1 is 1.39 bits per heavy atom. The fourth-order valence-corrected chi connectivity index (χ4v) is 2.27. The van der Waals surface area contributed by atoms with Crippen molar-refractivity contribution < 1.29 is 19.4 Å². The van der Waals surface area contributed by atoms with Crippen molar-refractivity contribution in [3.63, 3.8) is 0 Å². The lowest BCUT2D eigenvalue weighted by molar-refractivity contribution is -0.150. The lowest BCUT2D eigenvalue weighted by atomic mass is 9.98. The van der Waals surface area contributed by atoms with Crippen LogP contribution in [0.5, 0.6) is 0 Å². The van der Waals surface area contributed by atoms with Crippen molar-refractivity contribution in [2.45, 2.75) is 38.7 Å². The summed E-state index contributed by atoms with van der Waals surface area (Å²) in [7, 11) is 0. The molecule has 1 saturated heterocycles. The Balaban J connectivity index is 1.80. The number of amides is 1. The van der Waals surface area contributed by atoms with E-state index in [1.54, 1.807) is 11.8 Å². The average molecular weight is 255 g/mol. The highest BCUT2D eigenvalue weighted by molar-refractivity contribution is 5.81. The molecule has 1 heterocycles. The third-order valence-corrected chi connectivity index (χ3v) is 3.71. The molecule has 0 spiro atoms. The summed E-state index contributed by atoms with van der Waals surface area (Å²) >= 11 is 0. The van der Waals surface area contributed by atoms with Gasteiger partial charge in [0.1, 0.15) is 6.10 Å². The number of nitrogens with zero attached hydrogens (tertiary/aromatic N) is 1. The van der Waals surface area contributed by atoms with Crippen LogP contribution in [0.4, 0.5) is 0 Å². The molecule has 0 aromatic rings. The van der Waals surface area contributed by atoms with Crippen LogP contribution in [0.3, 0.4) is 0 Å². The van der Waals surface area contributed by atoms with Gasteiger partial charge in [-0.3, -0.25) is 9.59 Å². The Labute approximate surface area is 107 Å². The van der Waals surface area contributed by atoms with Gasteiger partial charge < -0.3 is 14.7 Å². The quantitative estimate of drug-likeness (QED) is 0.799. The van der Waals surface area contributed by atoms with Gasteiger partial charge in [0.2, 0.25) is 0 Å². The molecule has 0 radical (unpaired) electrons. The molecule has 1 saturated carbocycles. The Morgan fingerprint density at radius 2 is 2.11 bits per heavy atom. The van der Waals surface area contributed by atoms with Crippen molar-refractivity contribution in [2.75, 3.05) is 19.7 Å². The van der Waals surface area contributed by atoms with Crippen molar-refractivity contribution in [3.05, 3.63) is 0 Å². The normalized spacial score (nSPS) is 25.8. The van der Waals surface area contributed by atoms with Crippen LogP contribution in [-0.2, 0) is 14.3 Å². The summed E-state index contributed by atoms with van der Waals surface area (Å²) in [5, 5.41) is 8.99. The van der Waals surface area contributed by atoms with Gasteiger partial charge in [0.05, 0.1) is 12.5 Å². The summed E-state index contributed by atoms with van der Waals surface area (Å²) in [5.74, 6) is -0.660. The number of likely N-dealkylation sites (tertiary alicyclic amines) is 1. The molecule has 5 nitrogen and oxygen atoms in total. The van der Waals surface area contributed by atoms with Crippen molar-refractivity contribution in [1.29, 1.82) is 0 Å². The van der Waals surface area contributed by atoms with Crippen LogP contribution >= 0.6 is 0 Å². The SMILES string of the molecule is C[C@H](OCC1CC1)C(=O)N1CCC[C@@H](C(=O)O)C1. The van der Waals surface area contributed by atoms with E-state index < -0.39 is 18.0 Å². The minimum Gasteiger partial charge on any atom is -0.481 e. The number of carboxylic acid groups (broad SMARTS) is 1. The van der Waals surface area contributed by atoms with Crippen LogP contribution in [-0.4, -0.2) is 47.7 Å². The van der Waals surface area contributed by atoms with Crippen molar-refractivity contribution >= 4 is 11.9 Å². The molecular formula is C13H21NO4. The molecule has 1 aliphatic carbocycles. The molecule has 0 bridgehead atoms. The number of aliphatic carboxylic acids is 1. The topological polar surface area (TPSA) is 66.8 Å². The molecule has 18 heavy (non-hydrogen) atoms. The monoisotopic (exact) mass is 255 g/mol. The van der Waals surface area contributed by atoms with Gasteiger partial charge in [0.25, 0.3) is 5.91 Å².